The van der Waals surface area contributed by atoms with Gasteiger partial charge in [0.25, 0.3) is 5.91 Å². The normalized spacial score (nSPS) is 31.9. The zero-order valence-corrected chi connectivity index (χ0v) is 36.0. The summed E-state index contributed by atoms with van der Waals surface area (Å²) in [5.74, 6) is -5.60. The molecule has 15 heteroatoms. The summed E-state index contributed by atoms with van der Waals surface area (Å²) in [4.78, 5) is 83.6. The van der Waals surface area contributed by atoms with E-state index in [2.05, 4.69) is 5.32 Å². The van der Waals surface area contributed by atoms with Crippen molar-refractivity contribution < 1.29 is 63.0 Å². The lowest BCUT2D eigenvalue weighted by Gasteiger charge is -2.67. The lowest BCUT2D eigenvalue weighted by molar-refractivity contribution is -0.345. The number of carbonyl (C=O) groups excluding carboxylic acids is 6. The molecule has 14 nitrogen and oxygen atoms in total. The number of Topliss-reactive ketones (excluding diaryl/α,β-unsaturated/α-hetero) is 1. The van der Waals surface area contributed by atoms with Gasteiger partial charge in [-0.15, -0.1) is 0 Å². The van der Waals surface area contributed by atoms with Crippen LogP contribution in [0.1, 0.15) is 86.7 Å². The van der Waals surface area contributed by atoms with Gasteiger partial charge in [0.15, 0.2) is 16.5 Å². The Balaban J connectivity index is 1.37. The lowest BCUT2D eigenvalue weighted by atomic mass is 9.44. The van der Waals surface area contributed by atoms with Crippen molar-refractivity contribution in [2.24, 2.45) is 16.7 Å². The van der Waals surface area contributed by atoms with Crippen LogP contribution in [0.2, 0.25) is 0 Å². The summed E-state index contributed by atoms with van der Waals surface area (Å²) in [6, 6.07) is 23.6. The van der Waals surface area contributed by atoms with Crippen LogP contribution in [0.4, 0.5) is 0 Å². The molecule has 1 aliphatic heterocycles. The summed E-state index contributed by atoms with van der Waals surface area (Å²) >= 11 is 0.631. The Morgan fingerprint density at radius 3 is 1.98 bits per heavy atom. The largest absolute Gasteiger partial charge is 0.457 e. The van der Waals surface area contributed by atoms with Crippen LogP contribution in [-0.4, -0.2) is 104 Å². The number of hydrogen-bond acceptors (Lipinski definition) is 14. The molecule has 0 radical (unpaired) electrons. The molecule has 4 aliphatic rings. The molecule has 2 bridgehead atoms. The Labute approximate surface area is 363 Å². The zero-order valence-electron chi connectivity index (χ0n) is 35.2. The van der Waals surface area contributed by atoms with Gasteiger partial charge in [0, 0.05) is 37.7 Å². The monoisotopic (exact) mass is 869 g/mol. The first-order chi connectivity index (χ1) is 29.3. The highest BCUT2D eigenvalue weighted by Crippen LogP contribution is 2.64. The van der Waals surface area contributed by atoms with Gasteiger partial charge in [-0.2, -0.15) is 0 Å². The van der Waals surface area contributed by atoms with E-state index in [1.165, 1.54) is 26.0 Å². The second kappa shape index (κ2) is 16.8. The summed E-state index contributed by atoms with van der Waals surface area (Å²) < 4.78 is 24.6. The van der Waals surface area contributed by atoms with Crippen molar-refractivity contribution in [2.45, 2.75) is 107 Å². The van der Waals surface area contributed by atoms with Crippen LogP contribution in [0.25, 0.3) is 0 Å². The van der Waals surface area contributed by atoms with E-state index in [0.29, 0.717) is 22.9 Å². The maximum absolute atomic E-state index is 15.1. The number of benzene rings is 3. The van der Waals surface area contributed by atoms with Crippen molar-refractivity contribution in [3.05, 3.63) is 119 Å². The minimum Gasteiger partial charge on any atom is -0.457 e. The summed E-state index contributed by atoms with van der Waals surface area (Å²) in [6.07, 6.45) is -8.44. The van der Waals surface area contributed by atoms with E-state index in [1.54, 1.807) is 99.6 Å². The standard InChI is InChI=1S/C47H51NO13S/c1-25-31(59-43(56)37(62-27(3)50)35(28-16-10-7-11-17-28)48-41(54)29-18-12-8-13-19-29)23-47(57)40(60-42(55)30-20-14-9-15-21-30)38-45(6,39(53)36(52)34(25)44(47,4)5)32(51)22-33-46(38,24-58-33)61-26(2)49/h7-21,31-33,35-38,40,51-52,57H,22-24H2,1-6H3,(H,48,54)/t31-,32-,33+,35-,36+,37-,38-,40-,45+,46-,47+/m0/s1. The Kier molecular flexibility index (Phi) is 12.2. The average Bonchev–Trinajstić information content (AvgIpc) is 3.24. The first kappa shape index (κ1) is 44.9. The fourth-order valence-electron chi connectivity index (χ4n) is 10.2. The molecule has 0 unspecified atom stereocenters. The number of amides is 1. The number of esters is 3. The molecule has 4 N–H and O–H groups in total. The second-order valence-corrected chi connectivity index (χ2v) is 18.7. The molecule has 3 aromatic rings. The summed E-state index contributed by atoms with van der Waals surface area (Å²) in [5, 5.41) is 38.9. The van der Waals surface area contributed by atoms with Gasteiger partial charge in [-0.25, -0.2) is 4.79 Å². The Morgan fingerprint density at radius 2 is 1.44 bits per heavy atom. The Bertz CT molecular complexity index is 2290. The molecular formula is C47H51NO13S. The number of aliphatic hydroxyl groups excluding tert-OH is 2. The number of ether oxygens (including phenoxy) is 4. The van der Waals surface area contributed by atoms with Crippen molar-refractivity contribution in [1.29, 1.82) is 0 Å². The van der Waals surface area contributed by atoms with E-state index in [9.17, 15) is 39.3 Å². The predicted octanol–water partition coefficient (Wildman–Crippen LogP) is 4.45. The van der Waals surface area contributed by atoms with Crippen LogP contribution in [-0.2, 0) is 38.1 Å². The number of hydrogen-bond donors (Lipinski definition) is 4. The molecule has 328 valence electrons. The Morgan fingerprint density at radius 1 is 0.855 bits per heavy atom. The third-order valence-corrected chi connectivity index (χ3v) is 14.5. The smallest absolute Gasteiger partial charge is 0.338 e. The SMILES string of the molecule is CC(=O)O[C@@]12CO[C@@H]1C[C@H](O)[C@@]1(C)C(=O)[C@H](O)C3=C(C)[C@@H](OC(=O)[C@@H](SC(C)=O)[C@@H](NC(=O)c4ccccc4)c4ccccc4)C[C@@](O)([C@@H](OC(=O)c4ccccc4)[C@H]21)C3(C)C. The quantitative estimate of drug-likeness (QED) is 0.126. The first-order valence-electron chi connectivity index (χ1n) is 20.5. The van der Waals surface area contributed by atoms with E-state index in [4.69, 9.17) is 18.9 Å². The van der Waals surface area contributed by atoms with E-state index < -0.39 is 111 Å². The van der Waals surface area contributed by atoms with Crippen LogP contribution in [0.15, 0.2) is 102 Å². The summed E-state index contributed by atoms with van der Waals surface area (Å²) in [5.41, 5.74) is -6.71. The van der Waals surface area contributed by atoms with Gasteiger partial charge < -0.3 is 39.6 Å². The van der Waals surface area contributed by atoms with Crippen LogP contribution >= 0.6 is 11.8 Å². The maximum Gasteiger partial charge on any atom is 0.338 e. The average molecular weight is 870 g/mol. The molecular weight excluding hydrogens is 819 g/mol. The number of thioether (sulfide) groups is 1. The van der Waals surface area contributed by atoms with E-state index in [-0.39, 0.29) is 29.7 Å². The molecule has 3 aromatic carbocycles. The summed E-state index contributed by atoms with van der Waals surface area (Å²) in [6.45, 7) is 8.22. The number of carbonyl (C=O) groups is 6. The zero-order chi connectivity index (χ0) is 44.9. The number of fused-ring (bicyclic) bond motifs is 5. The molecule has 11 atom stereocenters. The van der Waals surface area contributed by atoms with Crippen molar-refractivity contribution in [1.82, 2.24) is 5.32 Å². The first-order valence-corrected chi connectivity index (χ1v) is 21.4. The number of aliphatic hydroxyl groups is 3. The van der Waals surface area contributed by atoms with Crippen LogP contribution in [0.5, 0.6) is 0 Å². The van der Waals surface area contributed by atoms with Crippen molar-refractivity contribution in [3.63, 3.8) is 0 Å². The summed E-state index contributed by atoms with van der Waals surface area (Å²) in [7, 11) is 0. The van der Waals surface area contributed by atoms with E-state index in [1.807, 2.05) is 0 Å². The van der Waals surface area contributed by atoms with Crippen molar-refractivity contribution >= 4 is 46.5 Å². The molecule has 3 fully saturated rings. The molecule has 0 aromatic heterocycles. The number of rotatable bonds is 10. The highest BCUT2D eigenvalue weighted by molar-refractivity contribution is 8.14. The molecule has 3 aliphatic carbocycles. The van der Waals surface area contributed by atoms with Crippen LogP contribution in [0.3, 0.4) is 0 Å². The molecule has 62 heavy (non-hydrogen) atoms. The highest BCUT2D eigenvalue weighted by Gasteiger charge is 2.78. The minimum atomic E-state index is -2.35. The molecule has 0 spiro atoms. The van der Waals surface area contributed by atoms with Crippen molar-refractivity contribution in [3.8, 4) is 0 Å². The number of ketones is 1. The van der Waals surface area contributed by atoms with Gasteiger partial charge in [0.1, 0.15) is 35.3 Å². The van der Waals surface area contributed by atoms with Gasteiger partial charge in [0.2, 0.25) is 0 Å². The van der Waals surface area contributed by atoms with Crippen LogP contribution < -0.4 is 5.32 Å². The van der Waals surface area contributed by atoms with Crippen molar-refractivity contribution in [2.75, 3.05) is 6.61 Å². The molecule has 1 heterocycles. The van der Waals surface area contributed by atoms with Gasteiger partial charge in [0.05, 0.1) is 35.6 Å². The van der Waals surface area contributed by atoms with Gasteiger partial charge in [-0.1, -0.05) is 92.3 Å². The molecule has 1 amide bonds. The Hall–Kier alpha value is -5.19. The third-order valence-electron chi connectivity index (χ3n) is 13.5. The number of nitrogens with one attached hydrogen (secondary N) is 1. The van der Waals surface area contributed by atoms with Gasteiger partial charge in [-0.3, -0.25) is 24.0 Å². The molecule has 2 saturated carbocycles. The fraction of sp³-hybridized carbons (Fsp3) is 0.447. The van der Waals surface area contributed by atoms with Gasteiger partial charge in [-0.05, 0) is 54.8 Å². The molecule has 7 rings (SSSR count). The van der Waals surface area contributed by atoms with E-state index in [0.717, 1.165) is 6.92 Å². The third kappa shape index (κ3) is 7.46. The lowest BCUT2D eigenvalue weighted by Crippen LogP contribution is -2.81. The minimum absolute atomic E-state index is 0.0389. The fourth-order valence-corrected chi connectivity index (χ4v) is 11.1. The highest BCUT2D eigenvalue weighted by atomic mass is 32.2. The van der Waals surface area contributed by atoms with Gasteiger partial charge >= 0.3 is 17.9 Å². The topological polar surface area (TPSA) is 212 Å². The predicted molar refractivity (Wildman–Crippen MR) is 224 cm³/mol. The molecule has 1 saturated heterocycles. The van der Waals surface area contributed by atoms with E-state index >= 15 is 4.79 Å². The second-order valence-electron chi connectivity index (χ2n) is 17.4. The van der Waals surface area contributed by atoms with Crippen LogP contribution in [0, 0.1) is 16.7 Å². The maximum atomic E-state index is 15.1.